The van der Waals surface area contributed by atoms with Gasteiger partial charge in [0.1, 0.15) is 0 Å². The number of nitrogens with zero attached hydrogens (tertiary/aromatic N) is 2. The number of nitrogens with one attached hydrogen (secondary N) is 1. The molecule has 0 radical (unpaired) electrons. The topological polar surface area (TPSA) is 35.6 Å². The summed E-state index contributed by atoms with van der Waals surface area (Å²) in [5.41, 5.74) is 0.172. The molecule has 0 aliphatic carbocycles. The van der Waals surface area contributed by atoms with Crippen molar-refractivity contribution >= 4 is 6.03 Å². The van der Waals surface area contributed by atoms with Crippen molar-refractivity contribution in [3.8, 4) is 0 Å². The zero-order valence-corrected chi connectivity index (χ0v) is 10.5. The van der Waals surface area contributed by atoms with Crippen molar-refractivity contribution in [2.75, 3.05) is 33.2 Å². The Labute approximate surface area is 98.0 Å². The van der Waals surface area contributed by atoms with Gasteiger partial charge in [0.2, 0.25) is 0 Å². The molecule has 2 fully saturated rings. The van der Waals surface area contributed by atoms with Crippen LogP contribution in [0.25, 0.3) is 0 Å². The summed E-state index contributed by atoms with van der Waals surface area (Å²) in [6.07, 6.45) is 4.61. The number of hydrogen-bond acceptors (Lipinski definition) is 2. The van der Waals surface area contributed by atoms with Crippen LogP contribution in [0.5, 0.6) is 0 Å². The summed E-state index contributed by atoms with van der Waals surface area (Å²) < 4.78 is 0. The van der Waals surface area contributed by atoms with E-state index in [9.17, 15) is 4.79 Å². The largest absolute Gasteiger partial charge is 0.328 e. The highest BCUT2D eigenvalue weighted by Gasteiger charge is 2.44. The molecule has 4 nitrogen and oxygen atoms in total. The molecule has 2 rings (SSSR count). The Morgan fingerprint density at radius 1 is 1.38 bits per heavy atom. The Bertz CT molecular complexity index is 261. The van der Waals surface area contributed by atoms with Crippen molar-refractivity contribution < 1.29 is 4.79 Å². The Morgan fingerprint density at radius 2 is 2.06 bits per heavy atom. The van der Waals surface area contributed by atoms with E-state index in [4.69, 9.17) is 0 Å². The molecule has 4 heteroatoms. The molecular weight excluding hydrogens is 202 g/mol. The summed E-state index contributed by atoms with van der Waals surface area (Å²) in [4.78, 5) is 16.2. The molecule has 0 unspecified atom stereocenters. The highest BCUT2D eigenvalue weighted by atomic mass is 16.2. The van der Waals surface area contributed by atoms with Crippen LogP contribution in [-0.2, 0) is 0 Å². The second kappa shape index (κ2) is 4.62. The van der Waals surface area contributed by atoms with Gasteiger partial charge in [0.05, 0.1) is 0 Å². The van der Waals surface area contributed by atoms with Crippen molar-refractivity contribution in [2.24, 2.45) is 0 Å². The smallest absolute Gasteiger partial charge is 0.320 e. The standard InChI is InChI=1S/C12H23N3O/c1-3-14(2)11(16)15-10-4-5-12(15)6-8-13-9-7-12/h13H,3-10H2,1-2H3. The number of rotatable bonds is 1. The molecule has 0 atom stereocenters. The molecule has 0 aromatic heterocycles. The van der Waals surface area contributed by atoms with E-state index in [1.54, 1.807) is 0 Å². The zero-order chi connectivity index (χ0) is 11.6. The van der Waals surface area contributed by atoms with Gasteiger partial charge in [-0.05, 0) is 45.7 Å². The third-order valence-electron chi connectivity index (χ3n) is 4.16. The van der Waals surface area contributed by atoms with Crippen LogP contribution >= 0.6 is 0 Å². The predicted octanol–water partition coefficient (Wildman–Crippen LogP) is 1.28. The number of carbonyl (C=O) groups is 1. The van der Waals surface area contributed by atoms with Gasteiger partial charge in [-0.25, -0.2) is 4.79 Å². The van der Waals surface area contributed by atoms with E-state index in [0.717, 1.165) is 39.0 Å². The monoisotopic (exact) mass is 225 g/mol. The van der Waals surface area contributed by atoms with E-state index in [0.29, 0.717) is 0 Å². The number of urea groups is 1. The van der Waals surface area contributed by atoms with E-state index in [-0.39, 0.29) is 11.6 Å². The van der Waals surface area contributed by atoms with Crippen LogP contribution in [0.15, 0.2) is 0 Å². The highest BCUT2D eigenvalue weighted by molar-refractivity contribution is 5.75. The minimum atomic E-state index is 0.172. The summed E-state index contributed by atoms with van der Waals surface area (Å²) in [5, 5.41) is 3.39. The molecule has 0 aromatic carbocycles. The van der Waals surface area contributed by atoms with Crippen molar-refractivity contribution in [1.82, 2.24) is 15.1 Å². The van der Waals surface area contributed by atoms with Gasteiger partial charge in [-0.1, -0.05) is 0 Å². The minimum absolute atomic E-state index is 0.172. The highest BCUT2D eigenvalue weighted by Crippen LogP contribution is 2.37. The molecule has 2 saturated heterocycles. The van der Waals surface area contributed by atoms with Gasteiger partial charge < -0.3 is 15.1 Å². The van der Waals surface area contributed by atoms with Crippen LogP contribution in [-0.4, -0.2) is 54.6 Å². The molecule has 2 aliphatic heterocycles. The fraction of sp³-hybridized carbons (Fsp3) is 0.917. The first-order chi connectivity index (χ1) is 7.69. The minimum Gasteiger partial charge on any atom is -0.328 e. The average Bonchev–Trinajstić information content (AvgIpc) is 2.71. The van der Waals surface area contributed by atoms with Gasteiger partial charge in [0, 0.05) is 25.7 Å². The molecule has 0 saturated carbocycles. The van der Waals surface area contributed by atoms with Gasteiger partial charge in [-0.15, -0.1) is 0 Å². The second-order valence-corrected chi connectivity index (χ2v) is 5.03. The molecule has 2 heterocycles. The lowest BCUT2D eigenvalue weighted by Gasteiger charge is -2.43. The van der Waals surface area contributed by atoms with Crippen molar-refractivity contribution in [2.45, 2.75) is 38.1 Å². The Kier molecular flexibility index (Phi) is 3.38. The van der Waals surface area contributed by atoms with Crippen LogP contribution in [0.1, 0.15) is 32.6 Å². The van der Waals surface area contributed by atoms with Gasteiger partial charge in [0.15, 0.2) is 0 Å². The van der Waals surface area contributed by atoms with Crippen LogP contribution in [0.3, 0.4) is 0 Å². The number of piperidine rings is 1. The zero-order valence-electron chi connectivity index (χ0n) is 10.5. The summed E-state index contributed by atoms with van der Waals surface area (Å²) in [7, 11) is 1.90. The van der Waals surface area contributed by atoms with E-state index >= 15 is 0 Å². The maximum absolute atomic E-state index is 12.3. The van der Waals surface area contributed by atoms with Crippen molar-refractivity contribution in [3.05, 3.63) is 0 Å². The summed E-state index contributed by atoms with van der Waals surface area (Å²) in [6, 6.07) is 0.224. The second-order valence-electron chi connectivity index (χ2n) is 5.03. The Hall–Kier alpha value is -0.770. The first kappa shape index (κ1) is 11.7. The quantitative estimate of drug-likeness (QED) is 0.729. The lowest BCUT2D eigenvalue weighted by Crippen LogP contribution is -2.55. The first-order valence-corrected chi connectivity index (χ1v) is 6.43. The van der Waals surface area contributed by atoms with Gasteiger partial charge in [-0.3, -0.25) is 0 Å². The van der Waals surface area contributed by atoms with Crippen molar-refractivity contribution in [3.63, 3.8) is 0 Å². The molecule has 2 aliphatic rings. The fourth-order valence-corrected chi connectivity index (χ4v) is 2.99. The lowest BCUT2D eigenvalue weighted by molar-refractivity contribution is 0.0976. The lowest BCUT2D eigenvalue weighted by atomic mass is 9.86. The number of hydrogen-bond donors (Lipinski definition) is 1. The van der Waals surface area contributed by atoms with E-state index in [2.05, 4.69) is 10.2 Å². The van der Waals surface area contributed by atoms with Gasteiger partial charge in [0.25, 0.3) is 0 Å². The number of amides is 2. The molecular formula is C12H23N3O. The van der Waals surface area contributed by atoms with E-state index in [1.807, 2.05) is 18.9 Å². The first-order valence-electron chi connectivity index (χ1n) is 6.43. The molecule has 0 aromatic rings. The normalized spacial score (nSPS) is 23.8. The molecule has 1 spiro atoms. The number of carbonyl (C=O) groups excluding carboxylic acids is 1. The van der Waals surface area contributed by atoms with Crippen LogP contribution < -0.4 is 5.32 Å². The molecule has 1 N–H and O–H groups in total. The Morgan fingerprint density at radius 3 is 2.69 bits per heavy atom. The fourth-order valence-electron chi connectivity index (χ4n) is 2.99. The third kappa shape index (κ3) is 1.90. The maximum atomic E-state index is 12.3. The van der Waals surface area contributed by atoms with E-state index in [1.165, 1.54) is 12.8 Å². The van der Waals surface area contributed by atoms with Gasteiger partial charge >= 0.3 is 6.03 Å². The summed E-state index contributed by atoms with van der Waals surface area (Å²) >= 11 is 0. The molecule has 16 heavy (non-hydrogen) atoms. The average molecular weight is 225 g/mol. The summed E-state index contributed by atoms with van der Waals surface area (Å²) in [5.74, 6) is 0. The van der Waals surface area contributed by atoms with Crippen LogP contribution in [0, 0.1) is 0 Å². The SMILES string of the molecule is CCN(C)C(=O)N1CCCC12CCNCC2. The molecule has 0 bridgehead atoms. The Balaban J connectivity index is 2.10. The number of likely N-dealkylation sites (tertiary alicyclic amines) is 1. The van der Waals surface area contributed by atoms with Crippen molar-refractivity contribution in [1.29, 1.82) is 0 Å². The third-order valence-corrected chi connectivity index (χ3v) is 4.16. The summed E-state index contributed by atoms with van der Waals surface area (Å²) in [6.45, 7) is 5.88. The molecule has 92 valence electrons. The van der Waals surface area contributed by atoms with E-state index < -0.39 is 0 Å². The van der Waals surface area contributed by atoms with Gasteiger partial charge in [-0.2, -0.15) is 0 Å². The maximum Gasteiger partial charge on any atom is 0.320 e. The predicted molar refractivity (Wildman–Crippen MR) is 64.5 cm³/mol. The van der Waals surface area contributed by atoms with Crippen LogP contribution in [0.4, 0.5) is 4.79 Å². The molecule has 2 amide bonds. The van der Waals surface area contributed by atoms with Crippen LogP contribution in [0.2, 0.25) is 0 Å².